The molecule has 3 aromatic carbocycles. The largest absolute Gasteiger partial charge is 0.399 e. The smallest absolute Gasteiger partial charge is 0.0320 e. The van der Waals surface area contributed by atoms with Crippen LogP contribution in [0.25, 0.3) is 10.8 Å². The van der Waals surface area contributed by atoms with Crippen LogP contribution in [0.1, 0.15) is 0 Å². The van der Waals surface area contributed by atoms with Gasteiger partial charge in [-0.1, -0.05) is 48.5 Å². The fraction of sp³-hybridized carbons (Fsp3) is 0. The maximum Gasteiger partial charge on any atom is 0.0320 e. The first-order valence-corrected chi connectivity index (χ1v) is 6.19. The quantitative estimate of drug-likeness (QED) is 0.451. The van der Waals surface area contributed by atoms with Crippen molar-refractivity contribution in [1.29, 1.82) is 0 Å². The van der Waals surface area contributed by atoms with Crippen molar-refractivity contribution in [3.05, 3.63) is 72.8 Å². The molecule has 0 atom stereocenters. The Morgan fingerprint density at radius 1 is 0.667 bits per heavy atom. The van der Waals surface area contributed by atoms with Crippen LogP contribution >= 0.6 is 12.6 Å². The van der Waals surface area contributed by atoms with Gasteiger partial charge >= 0.3 is 0 Å². The zero-order chi connectivity index (χ0) is 12.8. The van der Waals surface area contributed by atoms with E-state index in [4.69, 9.17) is 5.73 Å². The molecule has 2 N–H and O–H groups in total. The number of thiol groups is 1. The molecule has 0 aliphatic heterocycles. The number of anilines is 1. The summed E-state index contributed by atoms with van der Waals surface area (Å²) < 4.78 is 0. The maximum atomic E-state index is 5.62. The third-order valence-electron chi connectivity index (χ3n) is 2.53. The van der Waals surface area contributed by atoms with Crippen LogP contribution in [0.5, 0.6) is 0 Å². The number of nitrogen functional groups attached to an aromatic ring is 1. The van der Waals surface area contributed by atoms with Crippen molar-refractivity contribution in [1.82, 2.24) is 0 Å². The summed E-state index contributed by atoms with van der Waals surface area (Å²) >= 11 is 4.08. The molecule has 0 fully saturated rings. The molecule has 90 valence electrons. The van der Waals surface area contributed by atoms with Gasteiger partial charge in [0.2, 0.25) is 0 Å². The monoisotopic (exact) mass is 253 g/mol. The van der Waals surface area contributed by atoms with Gasteiger partial charge in [0, 0.05) is 10.6 Å². The molecular formula is C16H15NS. The van der Waals surface area contributed by atoms with Crippen molar-refractivity contribution in [2.45, 2.75) is 4.90 Å². The molecule has 0 saturated carbocycles. The van der Waals surface area contributed by atoms with Crippen LogP contribution in [0.2, 0.25) is 0 Å². The van der Waals surface area contributed by atoms with E-state index in [-0.39, 0.29) is 0 Å². The second-order valence-electron chi connectivity index (χ2n) is 3.94. The topological polar surface area (TPSA) is 26.0 Å². The van der Waals surface area contributed by atoms with Gasteiger partial charge < -0.3 is 5.73 Å². The molecule has 0 radical (unpaired) electrons. The highest BCUT2D eigenvalue weighted by atomic mass is 32.1. The average molecular weight is 253 g/mol. The zero-order valence-corrected chi connectivity index (χ0v) is 10.8. The number of fused-ring (bicyclic) bond motifs is 1. The summed E-state index contributed by atoms with van der Waals surface area (Å²) in [6.45, 7) is 0. The molecule has 18 heavy (non-hydrogen) atoms. The van der Waals surface area contributed by atoms with E-state index in [1.165, 1.54) is 10.8 Å². The van der Waals surface area contributed by atoms with Crippen LogP contribution in [0.3, 0.4) is 0 Å². The number of rotatable bonds is 0. The molecule has 0 aliphatic carbocycles. The van der Waals surface area contributed by atoms with Crippen molar-refractivity contribution in [3.63, 3.8) is 0 Å². The van der Waals surface area contributed by atoms with Crippen molar-refractivity contribution >= 4 is 29.1 Å². The predicted molar refractivity (Wildman–Crippen MR) is 82.1 cm³/mol. The molecule has 0 unspecified atom stereocenters. The van der Waals surface area contributed by atoms with Gasteiger partial charge in [0.05, 0.1) is 0 Å². The Labute approximate surface area is 113 Å². The van der Waals surface area contributed by atoms with E-state index in [1.807, 2.05) is 60.7 Å². The second kappa shape index (κ2) is 6.12. The number of hydrogen-bond donors (Lipinski definition) is 2. The fourth-order valence-corrected chi connectivity index (χ4v) is 1.81. The Hall–Kier alpha value is -1.93. The van der Waals surface area contributed by atoms with Crippen molar-refractivity contribution < 1.29 is 0 Å². The maximum absolute atomic E-state index is 5.62. The summed E-state index contributed by atoms with van der Waals surface area (Å²) in [6.07, 6.45) is 0. The minimum atomic E-state index is 0.823. The normalized spacial score (nSPS) is 9.61. The third-order valence-corrected chi connectivity index (χ3v) is 2.83. The summed E-state index contributed by atoms with van der Waals surface area (Å²) in [6, 6.07) is 23.9. The lowest BCUT2D eigenvalue weighted by Crippen LogP contribution is -1.82. The minimum Gasteiger partial charge on any atom is -0.399 e. The molecule has 0 bridgehead atoms. The molecule has 3 aromatic rings. The van der Waals surface area contributed by atoms with Crippen LogP contribution in [-0.2, 0) is 0 Å². The Kier molecular flexibility index (Phi) is 4.26. The summed E-state index contributed by atoms with van der Waals surface area (Å²) in [5.41, 5.74) is 6.45. The number of nitrogens with two attached hydrogens (primary N) is 1. The van der Waals surface area contributed by atoms with Crippen LogP contribution in [-0.4, -0.2) is 0 Å². The molecule has 0 spiro atoms. The summed E-state index contributed by atoms with van der Waals surface area (Å²) in [5, 5.41) is 2.44. The zero-order valence-electron chi connectivity index (χ0n) is 9.95. The molecular weight excluding hydrogens is 238 g/mol. The van der Waals surface area contributed by atoms with E-state index in [1.54, 1.807) is 0 Å². The molecule has 3 rings (SSSR count). The lowest BCUT2D eigenvalue weighted by atomic mass is 10.1. The average Bonchev–Trinajstić information content (AvgIpc) is 2.40. The van der Waals surface area contributed by atoms with E-state index in [9.17, 15) is 0 Å². The molecule has 2 heteroatoms. The standard InChI is InChI=1S/C10H9N.C6H6S/c11-10-6-5-8-3-1-2-4-9(8)7-10;7-6-4-2-1-3-5-6/h1-7H,11H2;1-5,7H. The van der Waals surface area contributed by atoms with E-state index in [0.717, 1.165) is 10.6 Å². The molecule has 0 aliphatic rings. The van der Waals surface area contributed by atoms with Gasteiger partial charge in [0.15, 0.2) is 0 Å². The van der Waals surface area contributed by atoms with Crippen LogP contribution in [0.15, 0.2) is 77.7 Å². The van der Waals surface area contributed by atoms with Gasteiger partial charge in [0.25, 0.3) is 0 Å². The predicted octanol–water partition coefficient (Wildman–Crippen LogP) is 4.40. The first-order valence-electron chi connectivity index (χ1n) is 5.74. The van der Waals surface area contributed by atoms with E-state index in [2.05, 4.69) is 24.8 Å². The summed E-state index contributed by atoms with van der Waals surface area (Å²) in [7, 11) is 0. The van der Waals surface area contributed by atoms with Crippen molar-refractivity contribution in [3.8, 4) is 0 Å². The van der Waals surface area contributed by atoms with Crippen molar-refractivity contribution in [2.75, 3.05) is 5.73 Å². The summed E-state index contributed by atoms with van der Waals surface area (Å²) in [5.74, 6) is 0. The SMILES string of the molecule is Nc1ccc2ccccc2c1.Sc1ccccc1. The highest BCUT2D eigenvalue weighted by Crippen LogP contribution is 2.15. The van der Waals surface area contributed by atoms with E-state index in [0.29, 0.717) is 0 Å². The van der Waals surface area contributed by atoms with Gasteiger partial charge in [-0.05, 0) is 35.0 Å². The third kappa shape index (κ3) is 3.54. The lowest BCUT2D eigenvalue weighted by molar-refractivity contribution is 1.48. The van der Waals surface area contributed by atoms with Gasteiger partial charge in [0.1, 0.15) is 0 Å². The second-order valence-corrected chi connectivity index (χ2v) is 4.46. The molecule has 0 saturated heterocycles. The fourth-order valence-electron chi connectivity index (χ4n) is 1.64. The van der Waals surface area contributed by atoms with Gasteiger partial charge in [-0.3, -0.25) is 0 Å². The van der Waals surface area contributed by atoms with E-state index < -0.39 is 0 Å². The first kappa shape index (κ1) is 12.5. The van der Waals surface area contributed by atoms with Gasteiger partial charge in [-0.25, -0.2) is 0 Å². The highest BCUT2D eigenvalue weighted by Gasteiger charge is 1.89. The number of hydrogen-bond acceptors (Lipinski definition) is 2. The Balaban J connectivity index is 0.000000149. The van der Waals surface area contributed by atoms with Crippen LogP contribution in [0.4, 0.5) is 5.69 Å². The van der Waals surface area contributed by atoms with Crippen molar-refractivity contribution in [2.24, 2.45) is 0 Å². The molecule has 0 heterocycles. The first-order chi connectivity index (χ1) is 8.75. The van der Waals surface area contributed by atoms with Crippen LogP contribution in [0, 0.1) is 0 Å². The Morgan fingerprint density at radius 2 is 1.28 bits per heavy atom. The van der Waals surface area contributed by atoms with Gasteiger partial charge in [-0.15, -0.1) is 12.6 Å². The molecule has 0 aromatic heterocycles. The van der Waals surface area contributed by atoms with E-state index >= 15 is 0 Å². The lowest BCUT2D eigenvalue weighted by Gasteiger charge is -1.96. The van der Waals surface area contributed by atoms with Gasteiger partial charge in [-0.2, -0.15) is 0 Å². The van der Waals surface area contributed by atoms with Crippen LogP contribution < -0.4 is 5.73 Å². The highest BCUT2D eigenvalue weighted by molar-refractivity contribution is 7.80. The Bertz CT molecular complexity index is 620. The minimum absolute atomic E-state index is 0.823. The summed E-state index contributed by atoms with van der Waals surface area (Å²) in [4.78, 5) is 1.02. The molecule has 1 nitrogen and oxygen atoms in total. The number of benzene rings is 3. The Morgan fingerprint density at radius 3 is 1.89 bits per heavy atom. The molecule has 0 amide bonds.